The molecular formula is C15H27N3O. The average molecular weight is 265 g/mol. The van der Waals surface area contributed by atoms with E-state index in [1.165, 1.54) is 18.5 Å². The first-order chi connectivity index (χ1) is 9.23. The van der Waals surface area contributed by atoms with Crippen molar-refractivity contribution >= 4 is 0 Å². The summed E-state index contributed by atoms with van der Waals surface area (Å²) in [6, 6.07) is 2.37. The van der Waals surface area contributed by atoms with Crippen molar-refractivity contribution < 1.29 is 4.74 Å². The van der Waals surface area contributed by atoms with Crippen LogP contribution in [0.25, 0.3) is 0 Å². The van der Waals surface area contributed by atoms with Crippen LogP contribution < -0.4 is 5.32 Å². The maximum absolute atomic E-state index is 6.22. The lowest BCUT2D eigenvalue weighted by Crippen LogP contribution is -2.45. The van der Waals surface area contributed by atoms with Gasteiger partial charge >= 0.3 is 0 Å². The Morgan fingerprint density at radius 1 is 1.42 bits per heavy atom. The van der Waals surface area contributed by atoms with Crippen LogP contribution in [0, 0.1) is 0 Å². The highest BCUT2D eigenvalue weighted by Gasteiger charge is 2.43. The molecular weight excluding hydrogens is 238 g/mol. The third-order valence-corrected chi connectivity index (χ3v) is 4.16. The second-order valence-corrected chi connectivity index (χ2v) is 5.47. The normalized spacial score (nSPS) is 19.7. The van der Waals surface area contributed by atoms with Crippen molar-refractivity contribution in [3.63, 3.8) is 0 Å². The molecule has 2 rings (SSSR count). The monoisotopic (exact) mass is 265 g/mol. The van der Waals surface area contributed by atoms with Gasteiger partial charge in [0.05, 0.1) is 17.3 Å². The van der Waals surface area contributed by atoms with Gasteiger partial charge in [-0.3, -0.25) is 4.68 Å². The first kappa shape index (κ1) is 14.5. The Hall–Kier alpha value is -0.870. The summed E-state index contributed by atoms with van der Waals surface area (Å²) in [7, 11) is 2.02. The molecule has 1 atom stereocenters. The van der Waals surface area contributed by atoms with Gasteiger partial charge in [0.1, 0.15) is 0 Å². The van der Waals surface area contributed by atoms with Gasteiger partial charge in [-0.2, -0.15) is 5.10 Å². The van der Waals surface area contributed by atoms with Crippen LogP contribution >= 0.6 is 0 Å². The molecule has 0 bridgehead atoms. The van der Waals surface area contributed by atoms with Crippen molar-refractivity contribution in [1.82, 2.24) is 15.1 Å². The summed E-state index contributed by atoms with van der Waals surface area (Å²) in [5, 5.41) is 8.02. The van der Waals surface area contributed by atoms with Crippen molar-refractivity contribution in [2.45, 2.75) is 57.6 Å². The number of hydrogen-bond donors (Lipinski definition) is 1. The van der Waals surface area contributed by atoms with E-state index in [0.29, 0.717) is 0 Å². The highest BCUT2D eigenvalue weighted by molar-refractivity contribution is 5.14. The summed E-state index contributed by atoms with van der Waals surface area (Å²) < 4.78 is 8.20. The highest BCUT2D eigenvalue weighted by Crippen LogP contribution is 2.42. The molecule has 1 saturated carbocycles. The van der Waals surface area contributed by atoms with Crippen molar-refractivity contribution in [1.29, 1.82) is 0 Å². The van der Waals surface area contributed by atoms with E-state index in [1.807, 2.05) is 17.9 Å². The minimum Gasteiger partial charge on any atom is -0.373 e. The third-order valence-electron chi connectivity index (χ3n) is 4.16. The maximum atomic E-state index is 6.22. The lowest BCUT2D eigenvalue weighted by Gasteiger charge is -2.38. The Morgan fingerprint density at radius 2 is 2.16 bits per heavy atom. The van der Waals surface area contributed by atoms with E-state index < -0.39 is 0 Å². The Balaban J connectivity index is 2.27. The number of nitrogens with zero attached hydrogens (tertiary/aromatic N) is 2. The first-order valence-corrected chi connectivity index (χ1v) is 7.58. The largest absolute Gasteiger partial charge is 0.373 e. The van der Waals surface area contributed by atoms with Crippen LogP contribution in [0.4, 0.5) is 0 Å². The molecule has 0 spiro atoms. The predicted molar refractivity (Wildman–Crippen MR) is 77.1 cm³/mol. The molecule has 1 heterocycles. The maximum Gasteiger partial charge on any atom is 0.0891 e. The van der Waals surface area contributed by atoms with E-state index in [9.17, 15) is 0 Å². The molecule has 0 amide bonds. The van der Waals surface area contributed by atoms with Crippen molar-refractivity contribution in [2.24, 2.45) is 7.05 Å². The van der Waals surface area contributed by atoms with Gasteiger partial charge < -0.3 is 10.1 Å². The van der Waals surface area contributed by atoms with Gasteiger partial charge in [0.2, 0.25) is 0 Å². The molecule has 108 valence electrons. The molecule has 4 heteroatoms. The fourth-order valence-electron chi connectivity index (χ4n) is 3.29. The molecule has 0 saturated heterocycles. The van der Waals surface area contributed by atoms with Crippen LogP contribution in [0.3, 0.4) is 0 Å². The minimum atomic E-state index is -0.0439. The summed E-state index contributed by atoms with van der Waals surface area (Å²) in [6.07, 6.45) is 7.84. The number of aromatic nitrogens is 2. The minimum absolute atomic E-state index is 0.0439. The molecule has 1 fully saturated rings. The lowest BCUT2D eigenvalue weighted by molar-refractivity contribution is -0.0643. The summed E-state index contributed by atoms with van der Waals surface area (Å²) in [5.74, 6) is 0. The van der Waals surface area contributed by atoms with Crippen molar-refractivity contribution in [3.8, 4) is 0 Å². The van der Waals surface area contributed by atoms with Crippen molar-refractivity contribution in [2.75, 3.05) is 13.2 Å². The topological polar surface area (TPSA) is 39.1 Å². The van der Waals surface area contributed by atoms with Crippen LogP contribution in [0.15, 0.2) is 12.3 Å². The summed E-state index contributed by atoms with van der Waals surface area (Å²) >= 11 is 0. The zero-order chi connectivity index (χ0) is 13.7. The predicted octanol–water partition coefficient (Wildman–Crippen LogP) is 2.81. The second-order valence-electron chi connectivity index (χ2n) is 5.47. The second kappa shape index (κ2) is 6.53. The van der Waals surface area contributed by atoms with Crippen LogP contribution in [0.1, 0.15) is 57.7 Å². The summed E-state index contributed by atoms with van der Waals surface area (Å²) in [5.41, 5.74) is 1.20. The van der Waals surface area contributed by atoms with E-state index in [-0.39, 0.29) is 11.6 Å². The van der Waals surface area contributed by atoms with Crippen LogP contribution in [0.2, 0.25) is 0 Å². The molecule has 1 aromatic rings. The Bertz CT molecular complexity index is 382. The molecule has 19 heavy (non-hydrogen) atoms. The van der Waals surface area contributed by atoms with Gasteiger partial charge in [-0.25, -0.2) is 0 Å². The fourth-order valence-corrected chi connectivity index (χ4v) is 3.29. The summed E-state index contributed by atoms with van der Waals surface area (Å²) in [6.45, 7) is 6.10. The molecule has 4 nitrogen and oxygen atoms in total. The molecule has 1 aliphatic rings. The van der Waals surface area contributed by atoms with Gasteiger partial charge in [0.15, 0.2) is 0 Å². The Kier molecular flexibility index (Phi) is 4.99. The lowest BCUT2D eigenvalue weighted by atomic mass is 9.89. The average Bonchev–Trinajstić information content (AvgIpc) is 3.02. The van der Waals surface area contributed by atoms with Gasteiger partial charge in [-0.05, 0) is 38.8 Å². The van der Waals surface area contributed by atoms with E-state index in [0.717, 1.165) is 32.4 Å². The smallest absolute Gasteiger partial charge is 0.0891 e. The number of aryl methyl sites for hydroxylation is 1. The van der Waals surface area contributed by atoms with E-state index in [1.54, 1.807) is 0 Å². The SMILES string of the molecule is CCCNC(c1ccnn1C)C1(OCC)CCCC1. The quantitative estimate of drug-likeness (QED) is 0.824. The number of nitrogens with one attached hydrogen (secondary N) is 1. The number of ether oxygens (including phenoxy) is 1. The third kappa shape index (κ3) is 3.00. The summed E-state index contributed by atoms with van der Waals surface area (Å²) in [4.78, 5) is 0. The van der Waals surface area contributed by atoms with Gasteiger partial charge in [0, 0.05) is 19.9 Å². The molecule has 1 unspecified atom stereocenters. The molecule has 0 aliphatic heterocycles. The van der Waals surface area contributed by atoms with E-state index >= 15 is 0 Å². The van der Waals surface area contributed by atoms with Gasteiger partial charge in [-0.1, -0.05) is 19.8 Å². The Morgan fingerprint density at radius 3 is 2.68 bits per heavy atom. The highest BCUT2D eigenvalue weighted by atomic mass is 16.5. The molecule has 1 aromatic heterocycles. The van der Waals surface area contributed by atoms with Gasteiger partial charge in [0.25, 0.3) is 0 Å². The molecule has 0 radical (unpaired) electrons. The van der Waals surface area contributed by atoms with Gasteiger partial charge in [-0.15, -0.1) is 0 Å². The van der Waals surface area contributed by atoms with E-state index in [2.05, 4.69) is 30.3 Å². The fraction of sp³-hybridized carbons (Fsp3) is 0.800. The first-order valence-electron chi connectivity index (χ1n) is 7.58. The number of hydrogen-bond acceptors (Lipinski definition) is 3. The molecule has 1 N–H and O–H groups in total. The molecule has 0 aromatic carbocycles. The number of rotatable bonds is 7. The van der Waals surface area contributed by atoms with Crippen LogP contribution in [0.5, 0.6) is 0 Å². The van der Waals surface area contributed by atoms with Crippen LogP contribution in [-0.2, 0) is 11.8 Å². The zero-order valence-corrected chi connectivity index (χ0v) is 12.5. The standard InChI is InChI=1S/C15H27N3O/c1-4-11-16-14(13-8-12-17-18(13)3)15(19-5-2)9-6-7-10-15/h8,12,14,16H,4-7,9-11H2,1-3H3. The Labute approximate surface area is 116 Å². The van der Waals surface area contributed by atoms with Crippen LogP contribution in [-0.4, -0.2) is 28.5 Å². The van der Waals surface area contributed by atoms with Crippen molar-refractivity contribution in [3.05, 3.63) is 18.0 Å². The van der Waals surface area contributed by atoms with E-state index in [4.69, 9.17) is 4.74 Å². The molecule has 1 aliphatic carbocycles. The zero-order valence-electron chi connectivity index (χ0n) is 12.5.